The highest BCUT2D eigenvalue weighted by Crippen LogP contribution is 2.14. The highest BCUT2D eigenvalue weighted by atomic mass is 79.9. The molecule has 5 heteroatoms. The largest absolute Gasteiger partial charge is 0.452 e. The Kier molecular flexibility index (Phi) is 3.36. The second-order valence-electron chi connectivity index (χ2n) is 2.62. The number of nitrogens with zero attached hydrogens (tertiary/aromatic N) is 1. The Balaban J connectivity index is 2.54. The zero-order chi connectivity index (χ0) is 9.84. The number of hydrogen-bond donors (Lipinski definition) is 1. The van der Waals surface area contributed by atoms with Crippen molar-refractivity contribution in [1.29, 1.82) is 0 Å². The molecule has 0 aliphatic carbocycles. The van der Waals surface area contributed by atoms with Crippen molar-refractivity contribution in [1.82, 2.24) is 10.2 Å². The van der Waals surface area contributed by atoms with E-state index in [9.17, 15) is 4.79 Å². The van der Waals surface area contributed by atoms with Crippen molar-refractivity contribution in [3.8, 4) is 0 Å². The molecule has 72 valence electrons. The van der Waals surface area contributed by atoms with Crippen molar-refractivity contribution in [2.24, 2.45) is 0 Å². The van der Waals surface area contributed by atoms with Gasteiger partial charge < -0.3 is 14.6 Å². The molecule has 0 aliphatic heterocycles. The maximum Gasteiger partial charge on any atom is 0.317 e. The van der Waals surface area contributed by atoms with Gasteiger partial charge in [-0.25, -0.2) is 4.79 Å². The Morgan fingerprint density at radius 2 is 2.38 bits per heavy atom. The van der Waals surface area contributed by atoms with E-state index in [-0.39, 0.29) is 6.03 Å². The van der Waals surface area contributed by atoms with Gasteiger partial charge in [-0.1, -0.05) is 0 Å². The molecule has 1 aromatic rings. The Hall–Kier alpha value is -0.970. The molecule has 13 heavy (non-hydrogen) atoms. The highest BCUT2D eigenvalue weighted by Gasteiger charge is 2.08. The first-order valence-corrected chi connectivity index (χ1v) is 4.60. The van der Waals surface area contributed by atoms with Gasteiger partial charge in [0.15, 0.2) is 4.67 Å². The molecule has 4 nitrogen and oxygen atoms in total. The van der Waals surface area contributed by atoms with Crippen LogP contribution in [-0.2, 0) is 6.54 Å². The van der Waals surface area contributed by atoms with Crippen molar-refractivity contribution >= 4 is 22.0 Å². The molecule has 0 radical (unpaired) electrons. The minimum absolute atomic E-state index is 0.132. The van der Waals surface area contributed by atoms with Gasteiger partial charge in [0.05, 0.1) is 6.54 Å². The molecule has 1 aromatic heterocycles. The first-order valence-electron chi connectivity index (χ1n) is 3.80. The number of carbonyl (C=O) groups excluding carboxylic acids is 1. The molecule has 2 amide bonds. The van der Waals surface area contributed by atoms with Crippen LogP contribution in [0.4, 0.5) is 4.79 Å². The van der Waals surface area contributed by atoms with Gasteiger partial charge in [0.1, 0.15) is 5.76 Å². The first kappa shape index (κ1) is 10.1. The molecule has 0 bridgehead atoms. The number of furan rings is 1. The van der Waals surface area contributed by atoms with Gasteiger partial charge in [0.25, 0.3) is 0 Å². The molecular weight excluding hydrogens is 236 g/mol. The van der Waals surface area contributed by atoms with Crippen molar-refractivity contribution in [3.63, 3.8) is 0 Å². The molecule has 1 rings (SSSR count). The lowest BCUT2D eigenvalue weighted by Gasteiger charge is -2.14. The normalized spacial score (nSPS) is 9.77. The Morgan fingerprint density at radius 1 is 1.69 bits per heavy atom. The summed E-state index contributed by atoms with van der Waals surface area (Å²) in [7, 11) is 3.30. The van der Waals surface area contributed by atoms with E-state index in [2.05, 4.69) is 21.2 Å². The van der Waals surface area contributed by atoms with Gasteiger partial charge in [-0.15, -0.1) is 0 Å². The maximum absolute atomic E-state index is 11.1. The summed E-state index contributed by atoms with van der Waals surface area (Å²) in [5.74, 6) is 0.748. The fraction of sp³-hybridized carbons (Fsp3) is 0.375. The van der Waals surface area contributed by atoms with Gasteiger partial charge in [-0.05, 0) is 28.1 Å². The minimum Gasteiger partial charge on any atom is -0.452 e. The number of urea groups is 1. The monoisotopic (exact) mass is 246 g/mol. The summed E-state index contributed by atoms with van der Waals surface area (Å²) >= 11 is 3.19. The third-order valence-corrected chi connectivity index (χ3v) is 2.01. The van der Waals surface area contributed by atoms with Crippen LogP contribution in [-0.4, -0.2) is 25.0 Å². The van der Waals surface area contributed by atoms with Crippen LogP contribution >= 0.6 is 15.9 Å². The summed E-state index contributed by atoms with van der Waals surface area (Å²) < 4.78 is 5.92. The molecule has 0 aliphatic rings. The fourth-order valence-corrected chi connectivity index (χ4v) is 1.27. The molecule has 1 heterocycles. The zero-order valence-electron chi connectivity index (χ0n) is 7.50. The van der Waals surface area contributed by atoms with Gasteiger partial charge in [-0.3, -0.25) is 0 Å². The third-order valence-electron chi connectivity index (χ3n) is 1.58. The number of rotatable bonds is 2. The number of nitrogens with one attached hydrogen (secondary N) is 1. The van der Waals surface area contributed by atoms with Crippen LogP contribution in [0.1, 0.15) is 5.76 Å². The van der Waals surface area contributed by atoms with Crippen LogP contribution in [0.15, 0.2) is 21.2 Å². The minimum atomic E-state index is -0.132. The Labute approximate surface area is 85.0 Å². The molecular formula is C8H11BrN2O2. The first-order chi connectivity index (χ1) is 6.13. The van der Waals surface area contributed by atoms with Crippen LogP contribution < -0.4 is 5.32 Å². The number of amides is 2. The molecule has 0 saturated carbocycles. The lowest BCUT2D eigenvalue weighted by atomic mass is 10.4. The molecule has 0 aromatic carbocycles. The lowest BCUT2D eigenvalue weighted by molar-refractivity contribution is 0.205. The molecule has 0 fully saturated rings. The Bertz CT molecular complexity index is 298. The summed E-state index contributed by atoms with van der Waals surface area (Å²) in [6.45, 7) is 0.464. The predicted octanol–water partition coefficient (Wildman–Crippen LogP) is 1.81. The van der Waals surface area contributed by atoms with Crippen LogP contribution in [0.2, 0.25) is 0 Å². The number of hydrogen-bond acceptors (Lipinski definition) is 2. The summed E-state index contributed by atoms with van der Waals surface area (Å²) in [5, 5.41) is 2.53. The lowest BCUT2D eigenvalue weighted by Crippen LogP contribution is -2.34. The molecule has 0 saturated heterocycles. The standard InChI is InChI=1S/C8H11BrN2O2/c1-10-8(12)11(2)5-6-3-4-7(9)13-6/h3-4H,5H2,1-2H3,(H,10,12). The fourth-order valence-electron chi connectivity index (χ4n) is 0.933. The summed E-state index contributed by atoms with van der Waals surface area (Å²) in [4.78, 5) is 12.6. The topological polar surface area (TPSA) is 45.5 Å². The third kappa shape index (κ3) is 2.77. The van der Waals surface area contributed by atoms with Gasteiger partial charge in [0, 0.05) is 14.1 Å². The second kappa shape index (κ2) is 4.32. The summed E-state index contributed by atoms with van der Waals surface area (Å²) in [6, 6.07) is 3.49. The molecule has 0 spiro atoms. The predicted molar refractivity (Wildman–Crippen MR) is 52.3 cm³/mol. The SMILES string of the molecule is CNC(=O)N(C)Cc1ccc(Br)o1. The van der Waals surface area contributed by atoms with Crippen molar-refractivity contribution in [2.45, 2.75) is 6.54 Å². The molecule has 0 atom stereocenters. The summed E-state index contributed by atoms with van der Waals surface area (Å²) in [5.41, 5.74) is 0. The van der Waals surface area contributed by atoms with Gasteiger partial charge >= 0.3 is 6.03 Å². The van der Waals surface area contributed by atoms with E-state index in [0.717, 1.165) is 5.76 Å². The van der Waals surface area contributed by atoms with E-state index in [1.807, 2.05) is 6.07 Å². The van der Waals surface area contributed by atoms with E-state index in [1.54, 1.807) is 20.2 Å². The quantitative estimate of drug-likeness (QED) is 0.866. The van der Waals surface area contributed by atoms with E-state index in [4.69, 9.17) is 4.42 Å². The van der Waals surface area contributed by atoms with Gasteiger partial charge in [-0.2, -0.15) is 0 Å². The van der Waals surface area contributed by atoms with Crippen LogP contribution in [0.3, 0.4) is 0 Å². The highest BCUT2D eigenvalue weighted by molar-refractivity contribution is 9.10. The number of halogens is 1. The average molecular weight is 247 g/mol. The average Bonchev–Trinajstić information content (AvgIpc) is 2.49. The van der Waals surface area contributed by atoms with Crippen molar-refractivity contribution in [3.05, 3.63) is 22.6 Å². The van der Waals surface area contributed by atoms with E-state index >= 15 is 0 Å². The van der Waals surface area contributed by atoms with E-state index < -0.39 is 0 Å². The molecule has 1 N–H and O–H groups in total. The van der Waals surface area contributed by atoms with Crippen LogP contribution in [0.25, 0.3) is 0 Å². The maximum atomic E-state index is 11.1. The van der Waals surface area contributed by atoms with E-state index in [0.29, 0.717) is 11.2 Å². The number of carbonyl (C=O) groups is 1. The zero-order valence-corrected chi connectivity index (χ0v) is 9.09. The van der Waals surface area contributed by atoms with Crippen molar-refractivity contribution < 1.29 is 9.21 Å². The molecule has 0 unspecified atom stereocenters. The van der Waals surface area contributed by atoms with Crippen molar-refractivity contribution in [2.75, 3.05) is 14.1 Å². The Morgan fingerprint density at radius 3 is 2.85 bits per heavy atom. The van der Waals surface area contributed by atoms with Crippen LogP contribution in [0.5, 0.6) is 0 Å². The van der Waals surface area contributed by atoms with Crippen LogP contribution in [0, 0.1) is 0 Å². The van der Waals surface area contributed by atoms with E-state index in [1.165, 1.54) is 4.90 Å². The summed E-state index contributed by atoms with van der Waals surface area (Å²) in [6.07, 6.45) is 0. The smallest absolute Gasteiger partial charge is 0.317 e. The second-order valence-corrected chi connectivity index (χ2v) is 3.40. The van der Waals surface area contributed by atoms with Gasteiger partial charge in [0.2, 0.25) is 0 Å².